The molecular formula is C21H30N6O3. The number of nitrogens with zero attached hydrogens (tertiary/aromatic N) is 6. The highest BCUT2D eigenvalue weighted by Crippen LogP contribution is 2.49. The van der Waals surface area contributed by atoms with Crippen LogP contribution in [0.15, 0.2) is 24.8 Å². The van der Waals surface area contributed by atoms with Crippen molar-refractivity contribution in [3.63, 3.8) is 0 Å². The molecule has 2 aromatic rings. The predicted octanol–water partition coefficient (Wildman–Crippen LogP) is 1.30. The number of likely N-dealkylation sites (tertiary alicyclic amines) is 2. The Morgan fingerprint density at radius 2 is 2.20 bits per heavy atom. The molecule has 4 rings (SSSR count). The van der Waals surface area contributed by atoms with Crippen molar-refractivity contribution in [3.05, 3.63) is 36.2 Å². The lowest BCUT2D eigenvalue weighted by atomic mass is 9.75. The fourth-order valence-corrected chi connectivity index (χ4v) is 4.69. The molecule has 162 valence electrons. The maximum Gasteiger partial charge on any atom is 0.274 e. The summed E-state index contributed by atoms with van der Waals surface area (Å²) in [5, 5.41) is 4.26. The minimum Gasteiger partial charge on any atom is -0.383 e. The SMILES string of the molecule is COCCN1CC[C@]2(CN(C(=O)c3ccn(C)n3)C[C@H]2c2cn(C(C)C)cn2)C1=O. The van der Waals surface area contributed by atoms with Gasteiger partial charge in [0.05, 0.1) is 24.0 Å². The van der Waals surface area contributed by atoms with E-state index in [0.29, 0.717) is 44.9 Å². The normalized spacial score (nSPS) is 24.0. The molecule has 2 amide bonds. The zero-order valence-corrected chi connectivity index (χ0v) is 18.1. The molecule has 2 saturated heterocycles. The van der Waals surface area contributed by atoms with E-state index < -0.39 is 5.41 Å². The number of rotatable bonds is 6. The second-order valence-corrected chi connectivity index (χ2v) is 8.64. The molecule has 0 bridgehead atoms. The Morgan fingerprint density at radius 1 is 1.40 bits per heavy atom. The van der Waals surface area contributed by atoms with E-state index in [-0.39, 0.29) is 23.8 Å². The third kappa shape index (κ3) is 3.40. The number of ether oxygens (including phenoxy) is 1. The molecule has 1 spiro atoms. The van der Waals surface area contributed by atoms with Gasteiger partial charge in [-0.05, 0) is 26.3 Å². The number of carbonyl (C=O) groups excluding carboxylic acids is 2. The van der Waals surface area contributed by atoms with Crippen molar-refractivity contribution in [2.75, 3.05) is 39.9 Å². The second-order valence-electron chi connectivity index (χ2n) is 8.64. The van der Waals surface area contributed by atoms with Crippen LogP contribution in [0.5, 0.6) is 0 Å². The van der Waals surface area contributed by atoms with Crippen LogP contribution in [0.3, 0.4) is 0 Å². The van der Waals surface area contributed by atoms with E-state index in [1.54, 1.807) is 36.0 Å². The molecular weight excluding hydrogens is 384 g/mol. The first-order chi connectivity index (χ1) is 14.4. The molecule has 0 N–H and O–H groups in total. The van der Waals surface area contributed by atoms with Gasteiger partial charge in [-0.15, -0.1) is 0 Å². The van der Waals surface area contributed by atoms with Crippen LogP contribution in [0, 0.1) is 5.41 Å². The van der Waals surface area contributed by atoms with E-state index in [1.807, 2.05) is 22.0 Å². The Kier molecular flexibility index (Phi) is 5.40. The number of aryl methyl sites for hydroxylation is 1. The van der Waals surface area contributed by atoms with Crippen LogP contribution in [0.4, 0.5) is 0 Å². The molecule has 0 aliphatic carbocycles. The monoisotopic (exact) mass is 414 g/mol. The average molecular weight is 415 g/mol. The van der Waals surface area contributed by atoms with Gasteiger partial charge in [-0.2, -0.15) is 5.10 Å². The number of methoxy groups -OCH3 is 1. The largest absolute Gasteiger partial charge is 0.383 e. The van der Waals surface area contributed by atoms with E-state index in [1.165, 1.54) is 0 Å². The lowest BCUT2D eigenvalue weighted by molar-refractivity contribution is -0.136. The van der Waals surface area contributed by atoms with Gasteiger partial charge in [0.15, 0.2) is 0 Å². The number of amides is 2. The first kappa shape index (κ1) is 20.6. The van der Waals surface area contributed by atoms with E-state index in [0.717, 1.165) is 5.69 Å². The van der Waals surface area contributed by atoms with Crippen LogP contribution >= 0.6 is 0 Å². The predicted molar refractivity (Wildman–Crippen MR) is 110 cm³/mol. The molecule has 2 aliphatic heterocycles. The van der Waals surface area contributed by atoms with E-state index in [4.69, 9.17) is 4.74 Å². The molecule has 2 aromatic heterocycles. The Hall–Kier alpha value is -2.68. The highest BCUT2D eigenvalue weighted by atomic mass is 16.5. The van der Waals surface area contributed by atoms with Crippen molar-refractivity contribution in [2.24, 2.45) is 12.5 Å². The summed E-state index contributed by atoms with van der Waals surface area (Å²) in [4.78, 5) is 35.0. The van der Waals surface area contributed by atoms with Crippen LogP contribution < -0.4 is 0 Å². The summed E-state index contributed by atoms with van der Waals surface area (Å²) in [5.74, 6) is -0.172. The summed E-state index contributed by atoms with van der Waals surface area (Å²) >= 11 is 0. The lowest BCUT2D eigenvalue weighted by Crippen LogP contribution is -2.41. The van der Waals surface area contributed by atoms with Crippen molar-refractivity contribution >= 4 is 11.8 Å². The summed E-state index contributed by atoms with van der Waals surface area (Å²) < 4.78 is 8.85. The zero-order chi connectivity index (χ0) is 21.5. The third-order valence-electron chi connectivity index (χ3n) is 6.44. The number of imidazole rings is 1. The molecule has 2 aliphatic rings. The molecule has 30 heavy (non-hydrogen) atoms. The highest BCUT2D eigenvalue weighted by Gasteiger charge is 2.58. The highest BCUT2D eigenvalue weighted by molar-refractivity contribution is 5.94. The molecule has 0 radical (unpaired) electrons. The molecule has 2 fully saturated rings. The van der Waals surface area contributed by atoms with E-state index in [9.17, 15) is 9.59 Å². The van der Waals surface area contributed by atoms with Gasteiger partial charge in [0.2, 0.25) is 5.91 Å². The van der Waals surface area contributed by atoms with Crippen LogP contribution in [-0.2, 0) is 16.6 Å². The smallest absolute Gasteiger partial charge is 0.274 e. The summed E-state index contributed by atoms with van der Waals surface area (Å²) in [6.07, 6.45) is 6.31. The van der Waals surface area contributed by atoms with Gasteiger partial charge < -0.3 is 19.1 Å². The third-order valence-corrected chi connectivity index (χ3v) is 6.44. The van der Waals surface area contributed by atoms with Crippen molar-refractivity contribution in [1.29, 1.82) is 0 Å². The topological polar surface area (TPSA) is 85.5 Å². The summed E-state index contributed by atoms with van der Waals surface area (Å²) in [6.45, 7) is 6.80. The lowest BCUT2D eigenvalue weighted by Gasteiger charge is -2.27. The van der Waals surface area contributed by atoms with Gasteiger partial charge >= 0.3 is 0 Å². The van der Waals surface area contributed by atoms with E-state index >= 15 is 0 Å². The van der Waals surface area contributed by atoms with Gasteiger partial charge in [-0.3, -0.25) is 14.3 Å². The molecule has 9 heteroatoms. The number of aromatic nitrogens is 4. The van der Waals surface area contributed by atoms with Crippen molar-refractivity contribution < 1.29 is 14.3 Å². The fourth-order valence-electron chi connectivity index (χ4n) is 4.69. The number of carbonyl (C=O) groups is 2. The van der Waals surface area contributed by atoms with E-state index in [2.05, 4.69) is 23.9 Å². The summed E-state index contributed by atoms with van der Waals surface area (Å²) in [6, 6.07) is 2.00. The molecule has 0 saturated carbocycles. The molecule has 2 atom stereocenters. The molecule has 0 aromatic carbocycles. The zero-order valence-electron chi connectivity index (χ0n) is 18.1. The Balaban J connectivity index is 1.66. The number of hydrogen-bond donors (Lipinski definition) is 0. The van der Waals surface area contributed by atoms with Crippen LogP contribution in [0.2, 0.25) is 0 Å². The summed E-state index contributed by atoms with van der Waals surface area (Å²) in [5.41, 5.74) is 0.638. The quantitative estimate of drug-likeness (QED) is 0.711. The Bertz CT molecular complexity index is 935. The summed E-state index contributed by atoms with van der Waals surface area (Å²) in [7, 11) is 3.43. The maximum absolute atomic E-state index is 13.5. The fraction of sp³-hybridized carbons (Fsp3) is 0.619. The van der Waals surface area contributed by atoms with Crippen molar-refractivity contribution in [3.8, 4) is 0 Å². The maximum atomic E-state index is 13.5. The van der Waals surface area contributed by atoms with Gasteiger partial charge in [-0.25, -0.2) is 4.98 Å². The first-order valence-corrected chi connectivity index (χ1v) is 10.5. The van der Waals surface area contributed by atoms with Crippen LogP contribution in [-0.4, -0.2) is 80.8 Å². The van der Waals surface area contributed by atoms with Crippen LogP contribution in [0.25, 0.3) is 0 Å². The second kappa shape index (κ2) is 7.86. The van der Waals surface area contributed by atoms with Gasteiger partial charge in [0.1, 0.15) is 5.69 Å². The minimum atomic E-state index is -0.644. The molecule has 4 heterocycles. The van der Waals surface area contributed by atoms with Crippen LogP contribution in [0.1, 0.15) is 48.4 Å². The Morgan fingerprint density at radius 3 is 2.83 bits per heavy atom. The molecule has 9 nitrogen and oxygen atoms in total. The number of hydrogen-bond acceptors (Lipinski definition) is 5. The first-order valence-electron chi connectivity index (χ1n) is 10.5. The van der Waals surface area contributed by atoms with Crippen molar-refractivity contribution in [2.45, 2.75) is 32.2 Å². The Labute approximate surface area is 176 Å². The average Bonchev–Trinajstić information content (AvgIpc) is 3.49. The van der Waals surface area contributed by atoms with Gasteiger partial charge in [-0.1, -0.05) is 0 Å². The van der Waals surface area contributed by atoms with Gasteiger partial charge in [0.25, 0.3) is 5.91 Å². The minimum absolute atomic E-state index is 0.0972. The standard InChI is InChI=1S/C21H30N6O3/c1-15(2)27-12-18(22-14-27)16-11-26(19(28)17-5-7-24(3)23-17)13-21(16)6-8-25(20(21)29)9-10-30-4/h5,7,12,14-16H,6,8-11,13H2,1-4H3/t16-,21+/m0/s1. The van der Waals surface area contributed by atoms with Crippen molar-refractivity contribution in [1.82, 2.24) is 29.1 Å². The van der Waals surface area contributed by atoms with Gasteiger partial charge in [0, 0.05) is 64.7 Å². The molecule has 0 unspecified atom stereocenters.